The van der Waals surface area contributed by atoms with E-state index < -0.39 is 0 Å². The van der Waals surface area contributed by atoms with Gasteiger partial charge in [-0.1, -0.05) is 25.1 Å². The molecule has 0 aliphatic heterocycles. The Balaban J connectivity index is 2.09. The van der Waals surface area contributed by atoms with Gasteiger partial charge in [0.05, 0.1) is 0 Å². The SMILES string of the molecule is CCNCc1cccc(C)c1OCc1nc(C)cs1. The molecule has 2 aromatic rings. The van der Waals surface area contributed by atoms with E-state index in [1.807, 2.05) is 6.92 Å². The summed E-state index contributed by atoms with van der Waals surface area (Å²) in [4.78, 5) is 4.43. The molecule has 0 saturated heterocycles. The minimum absolute atomic E-state index is 0.544. The Morgan fingerprint density at radius 3 is 2.84 bits per heavy atom. The molecule has 1 N–H and O–H groups in total. The largest absolute Gasteiger partial charge is 0.486 e. The van der Waals surface area contributed by atoms with Crippen LogP contribution >= 0.6 is 11.3 Å². The molecule has 1 aromatic carbocycles. The van der Waals surface area contributed by atoms with E-state index in [0.29, 0.717) is 6.61 Å². The summed E-state index contributed by atoms with van der Waals surface area (Å²) < 4.78 is 5.97. The fourth-order valence-corrected chi connectivity index (χ4v) is 2.60. The van der Waals surface area contributed by atoms with Crippen LogP contribution in [0.2, 0.25) is 0 Å². The standard InChI is InChI=1S/C15H20N2OS/c1-4-16-8-13-7-5-6-11(2)15(13)18-9-14-17-12(3)10-19-14/h5-7,10,16H,4,8-9H2,1-3H3. The number of rotatable bonds is 6. The Labute approximate surface area is 118 Å². The van der Waals surface area contributed by atoms with Gasteiger partial charge in [-0.05, 0) is 26.0 Å². The molecule has 1 heterocycles. The first-order valence-electron chi connectivity index (χ1n) is 6.53. The van der Waals surface area contributed by atoms with Crippen LogP contribution < -0.4 is 10.1 Å². The van der Waals surface area contributed by atoms with Gasteiger partial charge in [0.15, 0.2) is 0 Å². The number of ether oxygens (including phenoxy) is 1. The van der Waals surface area contributed by atoms with Crippen LogP contribution in [-0.2, 0) is 13.2 Å². The lowest BCUT2D eigenvalue weighted by molar-refractivity contribution is 0.299. The molecule has 1 aromatic heterocycles. The van der Waals surface area contributed by atoms with Gasteiger partial charge in [0.1, 0.15) is 17.4 Å². The number of nitrogens with one attached hydrogen (secondary N) is 1. The zero-order chi connectivity index (χ0) is 13.7. The first kappa shape index (κ1) is 14.0. The second-order valence-corrected chi connectivity index (χ2v) is 5.46. The minimum Gasteiger partial charge on any atom is -0.486 e. The highest BCUT2D eigenvalue weighted by molar-refractivity contribution is 7.09. The van der Waals surface area contributed by atoms with Crippen LogP contribution in [0.1, 0.15) is 28.8 Å². The third-order valence-corrected chi connectivity index (χ3v) is 3.81. The van der Waals surface area contributed by atoms with Gasteiger partial charge in [-0.2, -0.15) is 0 Å². The predicted octanol–water partition coefficient (Wildman–Crippen LogP) is 3.45. The average molecular weight is 276 g/mol. The highest BCUT2D eigenvalue weighted by Gasteiger charge is 2.08. The molecule has 0 fully saturated rings. The molecule has 0 atom stereocenters. The van der Waals surface area contributed by atoms with E-state index >= 15 is 0 Å². The van der Waals surface area contributed by atoms with Crippen molar-refractivity contribution in [1.82, 2.24) is 10.3 Å². The van der Waals surface area contributed by atoms with Crippen LogP contribution in [-0.4, -0.2) is 11.5 Å². The fourth-order valence-electron chi connectivity index (χ4n) is 1.92. The Morgan fingerprint density at radius 1 is 1.32 bits per heavy atom. The number of benzene rings is 1. The Bertz CT molecular complexity index is 537. The summed E-state index contributed by atoms with van der Waals surface area (Å²) in [6.07, 6.45) is 0. The molecule has 4 heteroatoms. The molecule has 0 aliphatic rings. The molecule has 0 saturated carbocycles. The normalized spacial score (nSPS) is 10.7. The summed E-state index contributed by atoms with van der Waals surface area (Å²) in [5, 5.41) is 6.42. The van der Waals surface area contributed by atoms with Gasteiger partial charge >= 0.3 is 0 Å². The summed E-state index contributed by atoms with van der Waals surface area (Å²) in [7, 11) is 0. The number of aryl methyl sites for hydroxylation is 2. The monoisotopic (exact) mass is 276 g/mol. The van der Waals surface area contributed by atoms with Crippen molar-refractivity contribution in [2.45, 2.75) is 33.9 Å². The zero-order valence-electron chi connectivity index (χ0n) is 11.7. The van der Waals surface area contributed by atoms with Crippen molar-refractivity contribution >= 4 is 11.3 Å². The number of hydrogen-bond acceptors (Lipinski definition) is 4. The predicted molar refractivity (Wildman–Crippen MR) is 79.7 cm³/mol. The fraction of sp³-hybridized carbons (Fsp3) is 0.400. The number of aromatic nitrogens is 1. The van der Waals surface area contributed by atoms with Crippen molar-refractivity contribution in [3.8, 4) is 5.75 Å². The molecular weight excluding hydrogens is 256 g/mol. The van der Waals surface area contributed by atoms with E-state index in [9.17, 15) is 0 Å². The molecule has 0 spiro atoms. The van der Waals surface area contributed by atoms with E-state index in [4.69, 9.17) is 4.74 Å². The molecule has 2 rings (SSSR count). The van der Waals surface area contributed by atoms with E-state index in [1.54, 1.807) is 11.3 Å². The van der Waals surface area contributed by atoms with Crippen molar-refractivity contribution < 1.29 is 4.74 Å². The lowest BCUT2D eigenvalue weighted by Crippen LogP contribution is -2.13. The second-order valence-electron chi connectivity index (χ2n) is 4.51. The molecule has 0 radical (unpaired) electrons. The van der Waals surface area contributed by atoms with Crippen LogP contribution in [0.4, 0.5) is 0 Å². The van der Waals surface area contributed by atoms with Crippen LogP contribution in [0.3, 0.4) is 0 Å². The van der Waals surface area contributed by atoms with Crippen LogP contribution in [0.5, 0.6) is 5.75 Å². The van der Waals surface area contributed by atoms with Crippen LogP contribution in [0, 0.1) is 13.8 Å². The first-order chi connectivity index (χ1) is 9.20. The van der Waals surface area contributed by atoms with Crippen molar-refractivity contribution in [3.63, 3.8) is 0 Å². The Kier molecular flexibility index (Phi) is 4.93. The van der Waals surface area contributed by atoms with Gasteiger partial charge in [-0.25, -0.2) is 4.98 Å². The van der Waals surface area contributed by atoms with Crippen molar-refractivity contribution in [1.29, 1.82) is 0 Å². The van der Waals surface area contributed by atoms with Crippen LogP contribution in [0.25, 0.3) is 0 Å². The molecule has 102 valence electrons. The lowest BCUT2D eigenvalue weighted by Gasteiger charge is -2.13. The summed E-state index contributed by atoms with van der Waals surface area (Å²) >= 11 is 1.65. The molecule has 0 bridgehead atoms. The average Bonchev–Trinajstić information content (AvgIpc) is 2.81. The lowest BCUT2D eigenvalue weighted by atomic mass is 10.1. The molecule has 19 heavy (non-hydrogen) atoms. The van der Waals surface area contributed by atoms with Crippen molar-refractivity contribution in [2.75, 3.05) is 6.54 Å². The number of nitrogens with zero attached hydrogens (tertiary/aromatic N) is 1. The molecular formula is C15H20N2OS. The Hall–Kier alpha value is -1.39. The first-order valence-corrected chi connectivity index (χ1v) is 7.41. The number of hydrogen-bond donors (Lipinski definition) is 1. The van der Waals surface area contributed by atoms with Gasteiger partial charge in [0.2, 0.25) is 0 Å². The van der Waals surface area contributed by atoms with E-state index in [1.165, 1.54) is 11.1 Å². The Morgan fingerprint density at radius 2 is 2.16 bits per heavy atom. The van der Waals surface area contributed by atoms with E-state index in [0.717, 1.165) is 29.5 Å². The van der Waals surface area contributed by atoms with Gasteiger partial charge < -0.3 is 10.1 Å². The highest BCUT2D eigenvalue weighted by Crippen LogP contribution is 2.25. The zero-order valence-corrected chi connectivity index (χ0v) is 12.5. The topological polar surface area (TPSA) is 34.1 Å². The molecule has 0 amide bonds. The van der Waals surface area contributed by atoms with E-state index in [2.05, 4.69) is 47.7 Å². The van der Waals surface area contributed by atoms with Gasteiger partial charge in [-0.15, -0.1) is 11.3 Å². The maximum absolute atomic E-state index is 5.97. The van der Waals surface area contributed by atoms with Gasteiger partial charge in [0, 0.05) is 23.2 Å². The van der Waals surface area contributed by atoms with E-state index in [-0.39, 0.29) is 0 Å². The van der Waals surface area contributed by atoms with Gasteiger partial charge in [-0.3, -0.25) is 0 Å². The summed E-state index contributed by atoms with van der Waals surface area (Å²) in [5.41, 5.74) is 3.43. The van der Waals surface area contributed by atoms with Crippen LogP contribution in [0.15, 0.2) is 23.6 Å². The minimum atomic E-state index is 0.544. The number of para-hydroxylation sites is 1. The summed E-state index contributed by atoms with van der Waals surface area (Å²) in [5.74, 6) is 0.983. The molecule has 0 unspecified atom stereocenters. The highest BCUT2D eigenvalue weighted by atomic mass is 32.1. The third kappa shape index (κ3) is 3.78. The third-order valence-electron chi connectivity index (χ3n) is 2.87. The quantitative estimate of drug-likeness (QED) is 0.877. The summed E-state index contributed by atoms with van der Waals surface area (Å²) in [6.45, 7) is 8.53. The molecule has 3 nitrogen and oxygen atoms in total. The number of thiazole rings is 1. The van der Waals surface area contributed by atoms with Crippen molar-refractivity contribution in [3.05, 3.63) is 45.4 Å². The maximum Gasteiger partial charge on any atom is 0.140 e. The summed E-state index contributed by atoms with van der Waals surface area (Å²) in [6, 6.07) is 6.26. The maximum atomic E-state index is 5.97. The smallest absolute Gasteiger partial charge is 0.140 e. The second kappa shape index (κ2) is 6.68. The molecule has 0 aliphatic carbocycles. The van der Waals surface area contributed by atoms with Gasteiger partial charge in [0.25, 0.3) is 0 Å². The van der Waals surface area contributed by atoms with Crippen molar-refractivity contribution in [2.24, 2.45) is 0 Å².